The Labute approximate surface area is 220 Å². The molecule has 0 radical (unpaired) electrons. The van der Waals surface area contributed by atoms with Crippen molar-refractivity contribution in [3.63, 3.8) is 0 Å². The van der Waals surface area contributed by atoms with Crippen molar-refractivity contribution in [1.29, 1.82) is 0 Å². The molecule has 0 spiro atoms. The highest BCUT2D eigenvalue weighted by molar-refractivity contribution is 6.16. The highest BCUT2D eigenvalue weighted by Crippen LogP contribution is 2.43. The topological polar surface area (TPSA) is 141 Å². The van der Waals surface area contributed by atoms with Crippen LogP contribution in [-0.2, 0) is 43.4 Å². The van der Waals surface area contributed by atoms with Gasteiger partial charge < -0.3 is 9.47 Å². The highest BCUT2D eigenvalue weighted by Gasteiger charge is 2.59. The molecule has 1 aliphatic carbocycles. The van der Waals surface area contributed by atoms with Crippen molar-refractivity contribution >= 4 is 29.7 Å². The molecule has 0 atom stereocenters. The molecule has 0 bridgehead atoms. The van der Waals surface area contributed by atoms with E-state index >= 15 is 0 Å². The van der Waals surface area contributed by atoms with E-state index in [1.54, 1.807) is 41.5 Å². The fraction of sp³-hybridized carbons (Fsp3) is 0.444. The van der Waals surface area contributed by atoms with Crippen LogP contribution in [0.15, 0.2) is 47.6 Å². The second kappa shape index (κ2) is 11.7. The van der Waals surface area contributed by atoms with Crippen molar-refractivity contribution in [3.05, 3.63) is 58.7 Å². The molecule has 0 fully saturated rings. The van der Waals surface area contributed by atoms with E-state index in [0.717, 1.165) is 13.2 Å². The summed E-state index contributed by atoms with van der Waals surface area (Å²) in [7, 11) is 2.29. The average molecular weight is 533 g/mol. The molecule has 1 aromatic rings. The first-order chi connectivity index (χ1) is 17.6. The first-order valence-corrected chi connectivity index (χ1v) is 11.6. The number of esters is 2. The van der Waals surface area contributed by atoms with E-state index in [4.69, 9.17) is 24.3 Å². The van der Waals surface area contributed by atoms with Crippen LogP contribution >= 0.6 is 0 Å². The van der Waals surface area contributed by atoms with Crippen LogP contribution in [0.1, 0.15) is 68.7 Å². The Balaban J connectivity index is 2.59. The number of benzene rings is 1. The van der Waals surface area contributed by atoms with Gasteiger partial charge in [-0.15, -0.1) is 0 Å². The Morgan fingerprint density at radius 1 is 0.684 bits per heavy atom. The van der Waals surface area contributed by atoms with Crippen LogP contribution in [0.4, 0.5) is 0 Å². The minimum atomic E-state index is -2.50. The van der Waals surface area contributed by atoms with Gasteiger partial charge in [-0.1, -0.05) is 18.2 Å². The van der Waals surface area contributed by atoms with E-state index in [-0.39, 0.29) is 16.7 Å². The predicted molar refractivity (Wildman–Crippen MR) is 131 cm³/mol. The maximum absolute atomic E-state index is 13.5. The number of rotatable bonds is 8. The molecule has 2 rings (SSSR count). The van der Waals surface area contributed by atoms with Gasteiger partial charge in [-0.3, -0.25) is 14.6 Å². The third-order valence-electron chi connectivity index (χ3n) is 5.06. The minimum Gasteiger partial charge on any atom is -0.466 e. The molecule has 0 saturated carbocycles. The van der Waals surface area contributed by atoms with Gasteiger partial charge in [-0.2, -0.15) is 9.78 Å². The lowest BCUT2D eigenvalue weighted by molar-refractivity contribution is -0.338. The minimum absolute atomic E-state index is 0.0381. The van der Waals surface area contributed by atoms with Crippen molar-refractivity contribution in [1.82, 2.24) is 0 Å². The average Bonchev–Trinajstić information content (AvgIpc) is 2.87. The monoisotopic (exact) mass is 532 g/mol. The third-order valence-corrected chi connectivity index (χ3v) is 5.06. The molecule has 0 heterocycles. The lowest BCUT2D eigenvalue weighted by atomic mass is 9.70. The molecular formula is C27H32O11. The molecule has 0 unspecified atom stereocenters. The van der Waals surface area contributed by atoms with E-state index in [2.05, 4.69) is 4.74 Å². The van der Waals surface area contributed by atoms with Gasteiger partial charge >= 0.3 is 23.9 Å². The molecule has 0 saturated heterocycles. The normalized spacial score (nSPS) is 14.9. The van der Waals surface area contributed by atoms with Crippen molar-refractivity contribution in [3.8, 4) is 0 Å². The standard InChI is InChI=1S/C27H32O11/c1-25(2,3)37-35-23(31)27(24(32)36-38-26(4,5)6)15-18(13-14-19(27)22(30)34-8)20(28)16-9-11-17(12-10-16)21(29)33-7/h9-14H,15H2,1-8H3. The van der Waals surface area contributed by atoms with Gasteiger partial charge in [-0.25, -0.2) is 19.2 Å². The van der Waals surface area contributed by atoms with Gasteiger partial charge in [0.25, 0.3) is 0 Å². The molecule has 1 aliphatic rings. The zero-order valence-corrected chi connectivity index (χ0v) is 22.7. The maximum atomic E-state index is 13.5. The fourth-order valence-electron chi connectivity index (χ4n) is 3.25. The number of carbonyl (C=O) groups is 5. The van der Waals surface area contributed by atoms with Gasteiger partial charge in [0.2, 0.25) is 5.41 Å². The summed E-state index contributed by atoms with van der Waals surface area (Å²) in [5.74, 6) is -4.83. The number of Topliss-reactive ketones (excluding diaryl/α,β-unsaturated/α-hetero) is 1. The number of hydrogen-bond donors (Lipinski definition) is 0. The number of ketones is 1. The van der Waals surface area contributed by atoms with Crippen LogP contribution in [0.3, 0.4) is 0 Å². The Kier molecular flexibility index (Phi) is 9.36. The van der Waals surface area contributed by atoms with Gasteiger partial charge in [-0.05, 0) is 59.8 Å². The fourth-order valence-corrected chi connectivity index (χ4v) is 3.25. The number of hydrogen-bond acceptors (Lipinski definition) is 11. The van der Waals surface area contributed by atoms with Crippen molar-refractivity contribution in [2.24, 2.45) is 5.41 Å². The quantitative estimate of drug-likeness (QED) is 0.159. The number of methoxy groups -OCH3 is 2. The molecule has 11 heteroatoms. The zero-order valence-electron chi connectivity index (χ0n) is 22.7. The Bertz CT molecular complexity index is 1130. The molecule has 0 amide bonds. The highest BCUT2D eigenvalue weighted by atomic mass is 17.2. The molecule has 0 aromatic heterocycles. The molecule has 1 aromatic carbocycles. The summed E-state index contributed by atoms with van der Waals surface area (Å²) in [6.07, 6.45) is 1.77. The van der Waals surface area contributed by atoms with Crippen LogP contribution in [0, 0.1) is 5.41 Å². The van der Waals surface area contributed by atoms with E-state index in [9.17, 15) is 24.0 Å². The first kappa shape index (κ1) is 30.4. The molecule has 0 aliphatic heterocycles. The maximum Gasteiger partial charge on any atom is 0.364 e. The molecule has 11 nitrogen and oxygen atoms in total. The van der Waals surface area contributed by atoms with Crippen LogP contribution in [0.25, 0.3) is 0 Å². The summed E-state index contributed by atoms with van der Waals surface area (Å²) in [6.45, 7) is 9.58. The zero-order chi connectivity index (χ0) is 28.9. The molecule has 206 valence electrons. The lowest BCUT2D eigenvalue weighted by Crippen LogP contribution is -2.48. The van der Waals surface area contributed by atoms with Crippen LogP contribution in [-0.4, -0.2) is 55.1 Å². The van der Waals surface area contributed by atoms with Crippen molar-refractivity contribution in [2.75, 3.05) is 14.2 Å². The molecule has 38 heavy (non-hydrogen) atoms. The molecule has 0 N–H and O–H groups in total. The SMILES string of the molecule is COC(=O)C1=CC=C(C(=O)c2ccc(C(=O)OC)cc2)CC1(C(=O)OOC(C)(C)C)C(=O)OOC(C)(C)C. The van der Waals surface area contributed by atoms with E-state index in [0.29, 0.717) is 0 Å². The number of allylic oxidation sites excluding steroid dienone is 3. The third kappa shape index (κ3) is 7.14. The number of ether oxygens (including phenoxy) is 2. The summed E-state index contributed by atoms with van der Waals surface area (Å²) in [4.78, 5) is 85.0. The molecular weight excluding hydrogens is 500 g/mol. The van der Waals surface area contributed by atoms with Gasteiger partial charge in [0.1, 0.15) is 11.2 Å². The summed E-state index contributed by atoms with van der Waals surface area (Å²) in [5, 5.41) is 0. The van der Waals surface area contributed by atoms with Crippen LogP contribution < -0.4 is 0 Å². The summed E-state index contributed by atoms with van der Waals surface area (Å²) in [6, 6.07) is 5.56. The lowest BCUT2D eigenvalue weighted by Gasteiger charge is -2.33. The number of carbonyl (C=O) groups excluding carboxylic acids is 5. The Morgan fingerprint density at radius 2 is 1.13 bits per heavy atom. The predicted octanol–water partition coefficient (Wildman–Crippen LogP) is 3.62. The van der Waals surface area contributed by atoms with Gasteiger partial charge in [0.15, 0.2) is 5.78 Å². The summed E-state index contributed by atoms with van der Waals surface area (Å²) in [5.41, 5.74) is -4.56. The van der Waals surface area contributed by atoms with E-state index in [1.165, 1.54) is 37.5 Å². The largest absolute Gasteiger partial charge is 0.466 e. The van der Waals surface area contributed by atoms with Crippen LogP contribution in [0.2, 0.25) is 0 Å². The van der Waals surface area contributed by atoms with E-state index in [1.807, 2.05) is 0 Å². The summed E-state index contributed by atoms with van der Waals surface area (Å²) < 4.78 is 9.46. The smallest absolute Gasteiger partial charge is 0.364 e. The second-order valence-electron chi connectivity index (χ2n) is 10.4. The van der Waals surface area contributed by atoms with Crippen molar-refractivity contribution < 1.29 is 53.0 Å². The Morgan fingerprint density at radius 3 is 1.55 bits per heavy atom. The van der Waals surface area contributed by atoms with Gasteiger partial charge in [0.05, 0.1) is 25.4 Å². The van der Waals surface area contributed by atoms with Crippen LogP contribution in [0.5, 0.6) is 0 Å². The first-order valence-electron chi connectivity index (χ1n) is 11.6. The second-order valence-corrected chi connectivity index (χ2v) is 10.4. The van der Waals surface area contributed by atoms with E-state index < -0.39 is 58.3 Å². The van der Waals surface area contributed by atoms with Crippen molar-refractivity contribution in [2.45, 2.75) is 59.2 Å². The summed E-state index contributed by atoms with van der Waals surface area (Å²) >= 11 is 0. The Hall–Kier alpha value is -3.83. The van der Waals surface area contributed by atoms with Gasteiger partial charge in [0, 0.05) is 17.6 Å².